The lowest BCUT2D eigenvalue weighted by Gasteiger charge is -2.09. The third-order valence-electron chi connectivity index (χ3n) is 2.26. The smallest absolute Gasteiger partial charge is 0.272 e. The van der Waals surface area contributed by atoms with Crippen molar-refractivity contribution < 1.29 is 5.11 Å². The van der Waals surface area contributed by atoms with Crippen molar-refractivity contribution in [1.82, 2.24) is 10.2 Å². The lowest BCUT2D eigenvalue weighted by Crippen LogP contribution is -2.18. The monoisotopic (exact) mass is 219 g/mol. The van der Waals surface area contributed by atoms with Gasteiger partial charge in [-0.2, -0.15) is 5.10 Å². The molecule has 0 spiro atoms. The van der Waals surface area contributed by atoms with E-state index in [9.17, 15) is 9.90 Å². The van der Waals surface area contributed by atoms with Gasteiger partial charge in [0.05, 0.1) is 11.5 Å². The van der Waals surface area contributed by atoms with Gasteiger partial charge in [-0.15, -0.1) is 0 Å². The van der Waals surface area contributed by atoms with E-state index >= 15 is 0 Å². The van der Waals surface area contributed by atoms with Crippen LogP contribution in [-0.2, 0) is 0 Å². The lowest BCUT2D eigenvalue weighted by atomic mass is 10.2. The Balaban J connectivity index is 2.46. The predicted octanol–water partition coefficient (Wildman–Crippen LogP) is 0.716. The van der Waals surface area contributed by atoms with Gasteiger partial charge in [-0.1, -0.05) is 18.2 Å². The van der Waals surface area contributed by atoms with E-state index in [1.54, 1.807) is 19.1 Å². The van der Waals surface area contributed by atoms with Crippen molar-refractivity contribution in [2.75, 3.05) is 11.9 Å². The maximum atomic E-state index is 11.5. The van der Waals surface area contributed by atoms with Crippen molar-refractivity contribution in [3.05, 3.63) is 34.6 Å². The molecular formula is C11H13N3O2. The van der Waals surface area contributed by atoms with E-state index in [-0.39, 0.29) is 5.56 Å². The molecule has 0 saturated heterocycles. The van der Waals surface area contributed by atoms with Gasteiger partial charge in [0.25, 0.3) is 5.56 Å². The molecule has 84 valence electrons. The zero-order chi connectivity index (χ0) is 11.5. The summed E-state index contributed by atoms with van der Waals surface area (Å²) in [6.45, 7) is 2.07. The molecule has 1 aromatic carbocycles. The molecule has 2 aromatic rings. The van der Waals surface area contributed by atoms with Gasteiger partial charge in [0, 0.05) is 11.9 Å². The zero-order valence-corrected chi connectivity index (χ0v) is 8.90. The number of nitrogens with zero attached hydrogens (tertiary/aromatic N) is 1. The third-order valence-corrected chi connectivity index (χ3v) is 2.26. The van der Waals surface area contributed by atoms with E-state index < -0.39 is 6.10 Å². The number of H-pyrrole nitrogens is 1. The number of rotatable bonds is 3. The van der Waals surface area contributed by atoms with Crippen LogP contribution in [0.3, 0.4) is 0 Å². The molecule has 5 nitrogen and oxygen atoms in total. The summed E-state index contributed by atoms with van der Waals surface area (Å²) >= 11 is 0. The van der Waals surface area contributed by atoms with Crippen LogP contribution in [0.1, 0.15) is 6.92 Å². The van der Waals surface area contributed by atoms with E-state index in [4.69, 9.17) is 0 Å². The van der Waals surface area contributed by atoms with E-state index in [0.717, 1.165) is 5.39 Å². The summed E-state index contributed by atoms with van der Waals surface area (Å²) in [6.07, 6.45) is -0.465. The Morgan fingerprint density at radius 2 is 2.12 bits per heavy atom. The first-order chi connectivity index (χ1) is 7.68. The number of nitrogens with one attached hydrogen (secondary N) is 2. The number of benzene rings is 1. The molecule has 0 amide bonds. The van der Waals surface area contributed by atoms with Crippen LogP contribution in [0.4, 0.5) is 5.82 Å². The zero-order valence-electron chi connectivity index (χ0n) is 8.90. The lowest BCUT2D eigenvalue weighted by molar-refractivity contribution is 0.208. The van der Waals surface area contributed by atoms with E-state index in [0.29, 0.717) is 17.7 Å². The number of aliphatic hydroxyl groups excluding tert-OH is 1. The second kappa shape index (κ2) is 4.32. The number of anilines is 1. The SMILES string of the molecule is CC(O)CNc1n[nH]c(=O)c2ccccc12. The first-order valence-electron chi connectivity index (χ1n) is 5.08. The molecule has 1 heterocycles. The molecule has 0 radical (unpaired) electrons. The van der Waals surface area contributed by atoms with Gasteiger partial charge in [0.2, 0.25) is 0 Å². The van der Waals surface area contributed by atoms with Gasteiger partial charge < -0.3 is 10.4 Å². The maximum Gasteiger partial charge on any atom is 0.272 e. The number of hydrogen-bond acceptors (Lipinski definition) is 4. The molecule has 2 rings (SSSR count). The molecule has 1 unspecified atom stereocenters. The Labute approximate surface area is 92.1 Å². The van der Waals surface area contributed by atoms with Crippen LogP contribution in [0.2, 0.25) is 0 Å². The molecule has 3 N–H and O–H groups in total. The van der Waals surface area contributed by atoms with Gasteiger partial charge in [-0.25, -0.2) is 5.10 Å². The molecule has 0 aliphatic rings. The van der Waals surface area contributed by atoms with Gasteiger partial charge >= 0.3 is 0 Å². The van der Waals surface area contributed by atoms with Crippen LogP contribution in [-0.4, -0.2) is 28.0 Å². The van der Waals surface area contributed by atoms with Crippen LogP contribution in [0, 0.1) is 0 Å². The summed E-state index contributed by atoms with van der Waals surface area (Å²) in [7, 11) is 0. The second-order valence-corrected chi connectivity index (χ2v) is 3.68. The van der Waals surface area contributed by atoms with Crippen LogP contribution in [0.25, 0.3) is 10.8 Å². The quantitative estimate of drug-likeness (QED) is 0.710. The fourth-order valence-electron chi connectivity index (χ4n) is 1.49. The summed E-state index contributed by atoms with van der Waals surface area (Å²) in [6, 6.07) is 7.21. The fourth-order valence-corrected chi connectivity index (χ4v) is 1.49. The highest BCUT2D eigenvalue weighted by molar-refractivity contribution is 5.90. The summed E-state index contributed by atoms with van der Waals surface area (Å²) in [5.41, 5.74) is -0.210. The highest BCUT2D eigenvalue weighted by Crippen LogP contribution is 2.16. The minimum absolute atomic E-state index is 0.210. The van der Waals surface area contributed by atoms with Crippen molar-refractivity contribution in [3.8, 4) is 0 Å². The van der Waals surface area contributed by atoms with Crippen molar-refractivity contribution in [1.29, 1.82) is 0 Å². The van der Waals surface area contributed by atoms with Crippen LogP contribution in [0.5, 0.6) is 0 Å². The van der Waals surface area contributed by atoms with Gasteiger partial charge in [-0.3, -0.25) is 4.79 Å². The topological polar surface area (TPSA) is 78.0 Å². The minimum Gasteiger partial charge on any atom is -0.392 e. The molecule has 0 bridgehead atoms. The molecule has 0 aliphatic carbocycles. The number of fused-ring (bicyclic) bond motifs is 1. The average Bonchev–Trinajstić information content (AvgIpc) is 2.28. The standard InChI is InChI=1S/C11H13N3O2/c1-7(15)6-12-10-8-4-2-3-5-9(8)11(16)14-13-10/h2-5,7,15H,6H2,1H3,(H,12,13)(H,14,16). The molecule has 16 heavy (non-hydrogen) atoms. The van der Waals surface area contributed by atoms with Crippen molar-refractivity contribution in [3.63, 3.8) is 0 Å². The Hall–Kier alpha value is -1.88. The summed E-state index contributed by atoms with van der Waals surface area (Å²) < 4.78 is 0. The molecule has 1 aromatic heterocycles. The molecule has 0 saturated carbocycles. The van der Waals surface area contributed by atoms with E-state index in [1.165, 1.54) is 0 Å². The number of aromatic amines is 1. The predicted molar refractivity (Wildman–Crippen MR) is 62.5 cm³/mol. The Morgan fingerprint density at radius 1 is 1.44 bits per heavy atom. The van der Waals surface area contributed by atoms with Crippen LogP contribution < -0.4 is 10.9 Å². The van der Waals surface area contributed by atoms with Gasteiger partial charge in [-0.05, 0) is 13.0 Å². The summed E-state index contributed by atoms with van der Waals surface area (Å²) in [5.74, 6) is 0.580. The Kier molecular flexibility index (Phi) is 2.87. The number of hydrogen-bond donors (Lipinski definition) is 3. The second-order valence-electron chi connectivity index (χ2n) is 3.68. The van der Waals surface area contributed by atoms with Crippen LogP contribution >= 0.6 is 0 Å². The van der Waals surface area contributed by atoms with E-state index in [1.807, 2.05) is 12.1 Å². The maximum absolute atomic E-state index is 11.5. The minimum atomic E-state index is -0.465. The van der Waals surface area contributed by atoms with Crippen molar-refractivity contribution in [2.45, 2.75) is 13.0 Å². The molecule has 5 heteroatoms. The molecular weight excluding hydrogens is 206 g/mol. The van der Waals surface area contributed by atoms with E-state index in [2.05, 4.69) is 15.5 Å². The summed E-state index contributed by atoms with van der Waals surface area (Å²) in [4.78, 5) is 11.5. The largest absolute Gasteiger partial charge is 0.392 e. The highest BCUT2D eigenvalue weighted by atomic mass is 16.3. The van der Waals surface area contributed by atoms with Crippen molar-refractivity contribution >= 4 is 16.6 Å². The summed E-state index contributed by atoms with van der Waals surface area (Å²) in [5, 5.41) is 19.8. The third kappa shape index (κ3) is 2.04. The van der Waals surface area contributed by atoms with Crippen molar-refractivity contribution in [2.24, 2.45) is 0 Å². The van der Waals surface area contributed by atoms with Gasteiger partial charge in [0.1, 0.15) is 0 Å². The van der Waals surface area contributed by atoms with Gasteiger partial charge in [0.15, 0.2) is 5.82 Å². The fraction of sp³-hybridized carbons (Fsp3) is 0.273. The number of aromatic nitrogens is 2. The average molecular weight is 219 g/mol. The molecule has 0 aliphatic heterocycles. The first-order valence-corrected chi connectivity index (χ1v) is 5.08. The first kappa shape index (κ1) is 10.6. The molecule has 0 fully saturated rings. The Morgan fingerprint density at radius 3 is 2.81 bits per heavy atom. The van der Waals surface area contributed by atoms with Crippen LogP contribution in [0.15, 0.2) is 29.1 Å². The Bertz CT molecular complexity index is 548. The number of aliphatic hydroxyl groups is 1. The molecule has 1 atom stereocenters. The normalized spacial score (nSPS) is 12.6. The highest BCUT2D eigenvalue weighted by Gasteiger charge is 2.05.